The highest BCUT2D eigenvalue weighted by atomic mass is 16.5. The van der Waals surface area contributed by atoms with Gasteiger partial charge in [0, 0.05) is 36.8 Å². The van der Waals surface area contributed by atoms with E-state index < -0.39 is 0 Å². The minimum absolute atomic E-state index is 0.154. The van der Waals surface area contributed by atoms with Crippen molar-refractivity contribution in [1.82, 2.24) is 0 Å². The van der Waals surface area contributed by atoms with Gasteiger partial charge in [-0.25, -0.2) is 0 Å². The van der Waals surface area contributed by atoms with Crippen LogP contribution in [0.15, 0.2) is 42.5 Å². The lowest BCUT2D eigenvalue weighted by Gasteiger charge is -2.20. The van der Waals surface area contributed by atoms with Crippen molar-refractivity contribution in [2.75, 3.05) is 30.4 Å². The number of nitrogens with one attached hydrogen (secondary N) is 1. The second kappa shape index (κ2) is 10.1. The van der Waals surface area contributed by atoms with Crippen LogP contribution in [0, 0.1) is 0 Å². The summed E-state index contributed by atoms with van der Waals surface area (Å²) in [4.78, 5) is 14.8. The Kier molecular flexibility index (Phi) is 7.00. The van der Waals surface area contributed by atoms with Crippen molar-refractivity contribution in [2.45, 2.75) is 63.9 Å². The Bertz CT molecular complexity index is 892. The zero-order chi connectivity index (χ0) is 21.6. The third kappa shape index (κ3) is 5.15. The van der Waals surface area contributed by atoms with Gasteiger partial charge in [-0.3, -0.25) is 4.79 Å². The molecule has 1 atom stereocenters. The van der Waals surface area contributed by atoms with Gasteiger partial charge in [-0.2, -0.15) is 0 Å². The fourth-order valence-electron chi connectivity index (χ4n) is 4.60. The van der Waals surface area contributed by atoms with E-state index in [1.54, 1.807) is 7.11 Å². The number of anilines is 2. The summed E-state index contributed by atoms with van der Waals surface area (Å²) < 4.78 is 11.8. The first-order chi connectivity index (χ1) is 15.2. The number of rotatable bonds is 9. The van der Waals surface area contributed by atoms with Crippen LogP contribution in [0.3, 0.4) is 0 Å². The van der Waals surface area contributed by atoms with Crippen LogP contribution in [-0.4, -0.2) is 32.2 Å². The zero-order valence-corrected chi connectivity index (χ0v) is 18.7. The quantitative estimate of drug-likeness (QED) is 0.523. The van der Waals surface area contributed by atoms with Gasteiger partial charge < -0.3 is 19.7 Å². The minimum Gasteiger partial charge on any atom is -0.493 e. The maximum Gasteiger partial charge on any atom is 0.227 e. The summed E-state index contributed by atoms with van der Waals surface area (Å²) in [6.45, 7) is 3.82. The summed E-state index contributed by atoms with van der Waals surface area (Å²) in [7, 11) is 1.68. The fourth-order valence-corrected chi connectivity index (χ4v) is 4.60. The Morgan fingerprint density at radius 1 is 1.10 bits per heavy atom. The first-order valence-corrected chi connectivity index (χ1v) is 11.7. The molecule has 1 N–H and O–H groups in total. The van der Waals surface area contributed by atoms with Gasteiger partial charge in [0.05, 0.1) is 13.2 Å². The molecule has 1 amide bonds. The first kappa shape index (κ1) is 21.5. The predicted octanol–water partition coefficient (Wildman–Crippen LogP) is 5.75. The number of hydrogen-bond donors (Lipinski definition) is 1. The molecule has 1 aliphatic heterocycles. The summed E-state index contributed by atoms with van der Waals surface area (Å²) in [6.07, 6.45) is 7.75. The van der Waals surface area contributed by atoms with Crippen molar-refractivity contribution in [3.05, 3.63) is 48.0 Å². The van der Waals surface area contributed by atoms with Crippen LogP contribution in [0.4, 0.5) is 11.4 Å². The van der Waals surface area contributed by atoms with Crippen LogP contribution < -0.4 is 19.7 Å². The molecule has 0 radical (unpaired) electrons. The standard InChI is InChI=1S/C26H34N2O3/c1-3-4-14-27-21-8-7-9-22(17-21)28-18-20(16-26(28)29)19-12-13-24(30-2)25(15-19)31-23-10-5-6-11-23/h7-9,12-13,15,17,20,23,27H,3-6,10-11,14,16,18H2,1-2H3. The normalized spacial score (nSPS) is 19.1. The molecule has 4 rings (SSSR count). The smallest absolute Gasteiger partial charge is 0.227 e. The third-order valence-corrected chi connectivity index (χ3v) is 6.40. The van der Waals surface area contributed by atoms with E-state index in [0.717, 1.165) is 60.7 Å². The Balaban J connectivity index is 1.48. The lowest BCUT2D eigenvalue weighted by atomic mass is 9.98. The molecule has 1 saturated carbocycles. The van der Waals surface area contributed by atoms with E-state index in [0.29, 0.717) is 13.0 Å². The average molecular weight is 423 g/mol. The number of carbonyl (C=O) groups is 1. The van der Waals surface area contributed by atoms with E-state index in [9.17, 15) is 4.79 Å². The highest BCUT2D eigenvalue weighted by molar-refractivity contribution is 5.97. The topological polar surface area (TPSA) is 50.8 Å². The highest BCUT2D eigenvalue weighted by Crippen LogP contribution is 2.38. The average Bonchev–Trinajstić information content (AvgIpc) is 3.44. The lowest BCUT2D eigenvalue weighted by Crippen LogP contribution is -2.24. The minimum atomic E-state index is 0.154. The fraction of sp³-hybridized carbons (Fsp3) is 0.500. The molecule has 2 aliphatic rings. The van der Waals surface area contributed by atoms with Gasteiger partial charge >= 0.3 is 0 Å². The molecule has 5 nitrogen and oxygen atoms in total. The second-order valence-corrected chi connectivity index (χ2v) is 8.67. The Morgan fingerprint density at radius 2 is 1.94 bits per heavy atom. The Hall–Kier alpha value is -2.69. The molecule has 2 aromatic carbocycles. The van der Waals surface area contributed by atoms with Crippen LogP contribution in [0.25, 0.3) is 0 Å². The maximum absolute atomic E-state index is 12.9. The molecule has 5 heteroatoms. The second-order valence-electron chi connectivity index (χ2n) is 8.67. The molecule has 1 aliphatic carbocycles. The van der Waals surface area contributed by atoms with E-state index in [1.165, 1.54) is 12.8 Å². The molecule has 0 spiro atoms. The molecule has 2 aromatic rings. The Labute approximate surface area is 185 Å². The molecule has 166 valence electrons. The summed E-state index contributed by atoms with van der Waals surface area (Å²) >= 11 is 0. The zero-order valence-electron chi connectivity index (χ0n) is 18.7. The highest BCUT2D eigenvalue weighted by Gasteiger charge is 2.32. The number of amides is 1. The lowest BCUT2D eigenvalue weighted by molar-refractivity contribution is -0.117. The molecule has 0 bridgehead atoms. The van der Waals surface area contributed by atoms with Crippen LogP contribution in [0.2, 0.25) is 0 Å². The van der Waals surface area contributed by atoms with E-state index in [2.05, 4.69) is 36.5 Å². The monoisotopic (exact) mass is 422 g/mol. The maximum atomic E-state index is 12.9. The molecular weight excluding hydrogens is 388 g/mol. The number of unbranched alkanes of at least 4 members (excludes halogenated alkanes) is 1. The molecule has 0 aromatic heterocycles. The number of hydrogen-bond acceptors (Lipinski definition) is 4. The van der Waals surface area contributed by atoms with Gasteiger partial charge in [-0.05, 0) is 68.0 Å². The van der Waals surface area contributed by atoms with Crippen LogP contribution in [0.1, 0.15) is 63.4 Å². The van der Waals surface area contributed by atoms with Gasteiger partial charge in [0.15, 0.2) is 11.5 Å². The number of nitrogens with zero attached hydrogens (tertiary/aromatic N) is 1. The summed E-state index contributed by atoms with van der Waals surface area (Å²) in [5.74, 6) is 1.90. The van der Waals surface area contributed by atoms with Crippen LogP contribution in [0.5, 0.6) is 11.5 Å². The van der Waals surface area contributed by atoms with Gasteiger partial charge in [-0.15, -0.1) is 0 Å². The van der Waals surface area contributed by atoms with E-state index in [1.807, 2.05) is 23.1 Å². The third-order valence-electron chi connectivity index (χ3n) is 6.40. The van der Waals surface area contributed by atoms with E-state index in [-0.39, 0.29) is 17.9 Å². The largest absolute Gasteiger partial charge is 0.493 e. The first-order valence-electron chi connectivity index (χ1n) is 11.7. The molecule has 2 fully saturated rings. The number of carbonyl (C=O) groups excluding carboxylic acids is 1. The van der Waals surface area contributed by atoms with Gasteiger partial charge in [0.2, 0.25) is 5.91 Å². The van der Waals surface area contributed by atoms with Crippen molar-refractivity contribution >= 4 is 17.3 Å². The van der Waals surface area contributed by atoms with Crippen LogP contribution in [-0.2, 0) is 4.79 Å². The number of ether oxygens (including phenoxy) is 2. The molecular formula is C26H34N2O3. The van der Waals surface area contributed by atoms with E-state index in [4.69, 9.17) is 9.47 Å². The van der Waals surface area contributed by atoms with Gasteiger partial charge in [-0.1, -0.05) is 25.5 Å². The summed E-state index contributed by atoms with van der Waals surface area (Å²) in [6, 6.07) is 14.3. The van der Waals surface area contributed by atoms with Crippen molar-refractivity contribution in [2.24, 2.45) is 0 Å². The molecule has 1 unspecified atom stereocenters. The van der Waals surface area contributed by atoms with Crippen molar-refractivity contribution in [3.8, 4) is 11.5 Å². The van der Waals surface area contributed by atoms with Gasteiger partial charge in [0.1, 0.15) is 0 Å². The summed E-state index contributed by atoms with van der Waals surface area (Å²) in [5.41, 5.74) is 3.17. The Morgan fingerprint density at radius 3 is 2.71 bits per heavy atom. The van der Waals surface area contributed by atoms with Crippen molar-refractivity contribution < 1.29 is 14.3 Å². The van der Waals surface area contributed by atoms with Crippen molar-refractivity contribution in [1.29, 1.82) is 0 Å². The van der Waals surface area contributed by atoms with Gasteiger partial charge in [0.25, 0.3) is 0 Å². The number of methoxy groups -OCH3 is 1. The van der Waals surface area contributed by atoms with E-state index >= 15 is 0 Å². The molecule has 31 heavy (non-hydrogen) atoms. The predicted molar refractivity (Wildman–Crippen MR) is 125 cm³/mol. The van der Waals surface area contributed by atoms with Crippen LogP contribution >= 0.6 is 0 Å². The molecule has 1 saturated heterocycles. The molecule has 1 heterocycles. The SMILES string of the molecule is CCCCNc1cccc(N2CC(c3ccc(OC)c(OC4CCCC4)c3)CC2=O)c1. The van der Waals surface area contributed by atoms with Crippen molar-refractivity contribution in [3.63, 3.8) is 0 Å². The number of benzene rings is 2. The summed E-state index contributed by atoms with van der Waals surface area (Å²) in [5, 5.41) is 3.45.